The summed E-state index contributed by atoms with van der Waals surface area (Å²) in [4.78, 5) is 10.4. The van der Waals surface area contributed by atoms with E-state index in [1.807, 2.05) is 0 Å². The molecule has 0 unspecified atom stereocenters. The SMILES string of the molecule is C#CCNc1ccc(C(=O)O)nn1. The third-order valence-electron chi connectivity index (χ3n) is 1.26. The second-order valence-electron chi connectivity index (χ2n) is 2.17. The molecule has 5 heteroatoms. The van der Waals surface area contributed by atoms with Crippen molar-refractivity contribution in [2.24, 2.45) is 0 Å². The van der Waals surface area contributed by atoms with Crippen LogP contribution in [0.2, 0.25) is 0 Å². The first kappa shape index (κ1) is 9.00. The van der Waals surface area contributed by atoms with Gasteiger partial charge in [-0.25, -0.2) is 4.79 Å². The van der Waals surface area contributed by atoms with Gasteiger partial charge in [-0.15, -0.1) is 16.6 Å². The minimum atomic E-state index is -1.10. The minimum Gasteiger partial charge on any atom is -0.476 e. The number of aromatic carboxylic acids is 1. The van der Waals surface area contributed by atoms with Gasteiger partial charge in [0.15, 0.2) is 5.69 Å². The number of nitrogens with one attached hydrogen (secondary N) is 1. The van der Waals surface area contributed by atoms with E-state index in [-0.39, 0.29) is 5.69 Å². The maximum Gasteiger partial charge on any atom is 0.356 e. The van der Waals surface area contributed by atoms with Crippen LogP contribution in [0.1, 0.15) is 10.5 Å². The van der Waals surface area contributed by atoms with Crippen LogP contribution in [0, 0.1) is 12.3 Å². The van der Waals surface area contributed by atoms with Crippen LogP contribution in [-0.2, 0) is 0 Å². The molecular formula is C8H7N3O2. The molecule has 1 heterocycles. The summed E-state index contributed by atoms with van der Waals surface area (Å²) in [5.41, 5.74) is -0.0914. The largest absolute Gasteiger partial charge is 0.476 e. The average molecular weight is 177 g/mol. The highest BCUT2D eigenvalue weighted by atomic mass is 16.4. The van der Waals surface area contributed by atoms with Crippen molar-refractivity contribution in [3.05, 3.63) is 17.8 Å². The van der Waals surface area contributed by atoms with Gasteiger partial charge in [0.05, 0.1) is 6.54 Å². The lowest BCUT2D eigenvalue weighted by Crippen LogP contribution is -2.05. The van der Waals surface area contributed by atoms with Gasteiger partial charge in [0.2, 0.25) is 0 Å². The Morgan fingerprint density at radius 3 is 2.85 bits per heavy atom. The number of aromatic nitrogens is 2. The maximum absolute atomic E-state index is 10.4. The lowest BCUT2D eigenvalue weighted by atomic mass is 10.4. The zero-order valence-electron chi connectivity index (χ0n) is 6.69. The summed E-state index contributed by atoms with van der Waals surface area (Å²) in [6.07, 6.45) is 5.00. The monoisotopic (exact) mass is 177 g/mol. The fourth-order valence-electron chi connectivity index (χ4n) is 0.682. The second-order valence-corrected chi connectivity index (χ2v) is 2.17. The highest BCUT2D eigenvalue weighted by Gasteiger charge is 2.03. The van der Waals surface area contributed by atoms with Gasteiger partial charge in [0.25, 0.3) is 0 Å². The molecule has 1 rings (SSSR count). The highest BCUT2D eigenvalue weighted by Crippen LogP contribution is 2.00. The van der Waals surface area contributed by atoms with E-state index in [9.17, 15) is 4.79 Å². The summed E-state index contributed by atoms with van der Waals surface area (Å²) >= 11 is 0. The number of nitrogens with zero attached hydrogens (tertiary/aromatic N) is 2. The Balaban J connectivity index is 2.71. The molecule has 0 aliphatic heterocycles. The molecule has 5 nitrogen and oxygen atoms in total. The Hall–Kier alpha value is -2.09. The number of carboxylic acids is 1. The number of carbonyl (C=O) groups is 1. The van der Waals surface area contributed by atoms with Crippen molar-refractivity contribution < 1.29 is 9.90 Å². The van der Waals surface area contributed by atoms with Gasteiger partial charge in [-0.2, -0.15) is 0 Å². The Labute approximate surface area is 74.8 Å². The van der Waals surface area contributed by atoms with Crippen LogP contribution in [-0.4, -0.2) is 27.8 Å². The predicted octanol–water partition coefficient (Wildman–Crippen LogP) is 0.220. The molecule has 0 bridgehead atoms. The molecule has 1 aromatic rings. The molecule has 0 fully saturated rings. The lowest BCUT2D eigenvalue weighted by molar-refractivity contribution is 0.0689. The van der Waals surface area contributed by atoms with E-state index >= 15 is 0 Å². The van der Waals surface area contributed by atoms with Crippen LogP contribution in [0.15, 0.2) is 12.1 Å². The highest BCUT2D eigenvalue weighted by molar-refractivity contribution is 5.85. The first-order valence-electron chi connectivity index (χ1n) is 3.48. The van der Waals surface area contributed by atoms with Gasteiger partial charge < -0.3 is 10.4 Å². The van der Waals surface area contributed by atoms with E-state index in [1.54, 1.807) is 0 Å². The summed E-state index contributed by atoms with van der Waals surface area (Å²) in [5.74, 6) is 1.72. The molecule has 0 spiro atoms. The molecule has 13 heavy (non-hydrogen) atoms. The summed E-state index contributed by atoms with van der Waals surface area (Å²) in [5, 5.41) is 18.3. The Bertz CT molecular complexity index is 339. The number of hydrogen-bond donors (Lipinski definition) is 2. The van der Waals surface area contributed by atoms with Gasteiger partial charge in [-0.3, -0.25) is 0 Å². The normalized spacial score (nSPS) is 8.85. The van der Waals surface area contributed by atoms with E-state index in [0.717, 1.165) is 0 Å². The van der Waals surface area contributed by atoms with E-state index in [1.165, 1.54) is 12.1 Å². The third kappa shape index (κ3) is 2.45. The Kier molecular flexibility index (Phi) is 2.82. The van der Waals surface area contributed by atoms with Crippen molar-refractivity contribution in [1.82, 2.24) is 10.2 Å². The fourth-order valence-corrected chi connectivity index (χ4v) is 0.682. The minimum absolute atomic E-state index is 0.0914. The fraction of sp³-hybridized carbons (Fsp3) is 0.125. The molecular weight excluding hydrogens is 170 g/mol. The predicted molar refractivity (Wildman–Crippen MR) is 46.3 cm³/mol. The van der Waals surface area contributed by atoms with Crippen LogP contribution in [0.5, 0.6) is 0 Å². The van der Waals surface area contributed by atoms with Gasteiger partial charge in [0, 0.05) is 0 Å². The molecule has 0 aliphatic rings. The zero-order valence-corrected chi connectivity index (χ0v) is 6.69. The van der Waals surface area contributed by atoms with Gasteiger partial charge in [-0.1, -0.05) is 5.92 Å². The number of terminal acetylenes is 1. The molecule has 0 aromatic carbocycles. The summed E-state index contributed by atoms with van der Waals surface area (Å²) in [6.45, 7) is 0.334. The smallest absolute Gasteiger partial charge is 0.356 e. The average Bonchev–Trinajstić information content (AvgIpc) is 2.15. The second kappa shape index (κ2) is 4.07. The van der Waals surface area contributed by atoms with Crippen molar-refractivity contribution in [2.45, 2.75) is 0 Å². The molecule has 66 valence electrons. The third-order valence-corrected chi connectivity index (χ3v) is 1.26. The number of anilines is 1. The van der Waals surface area contributed by atoms with Crippen molar-refractivity contribution in [2.75, 3.05) is 11.9 Å². The van der Waals surface area contributed by atoms with Crippen molar-refractivity contribution in [1.29, 1.82) is 0 Å². The van der Waals surface area contributed by atoms with Gasteiger partial charge >= 0.3 is 5.97 Å². The van der Waals surface area contributed by atoms with Gasteiger partial charge in [-0.05, 0) is 12.1 Å². The molecule has 0 atom stereocenters. The molecule has 1 aromatic heterocycles. The number of hydrogen-bond acceptors (Lipinski definition) is 4. The molecule has 0 aliphatic carbocycles. The first-order chi connectivity index (χ1) is 6.24. The van der Waals surface area contributed by atoms with Crippen LogP contribution in [0.25, 0.3) is 0 Å². The molecule has 0 saturated carbocycles. The van der Waals surface area contributed by atoms with E-state index in [4.69, 9.17) is 11.5 Å². The maximum atomic E-state index is 10.4. The van der Waals surface area contributed by atoms with E-state index < -0.39 is 5.97 Å². The molecule has 0 radical (unpaired) electrons. The number of rotatable bonds is 3. The van der Waals surface area contributed by atoms with Crippen molar-refractivity contribution >= 4 is 11.8 Å². The van der Waals surface area contributed by atoms with Crippen LogP contribution >= 0.6 is 0 Å². The van der Waals surface area contributed by atoms with Crippen LogP contribution in [0.3, 0.4) is 0 Å². The van der Waals surface area contributed by atoms with Crippen molar-refractivity contribution in [3.63, 3.8) is 0 Å². The van der Waals surface area contributed by atoms with Gasteiger partial charge in [0.1, 0.15) is 5.82 Å². The Morgan fingerprint density at radius 1 is 1.62 bits per heavy atom. The van der Waals surface area contributed by atoms with Crippen LogP contribution in [0.4, 0.5) is 5.82 Å². The first-order valence-corrected chi connectivity index (χ1v) is 3.48. The molecule has 0 saturated heterocycles. The zero-order chi connectivity index (χ0) is 9.68. The van der Waals surface area contributed by atoms with Crippen molar-refractivity contribution in [3.8, 4) is 12.3 Å². The van der Waals surface area contributed by atoms with E-state index in [2.05, 4.69) is 21.4 Å². The van der Waals surface area contributed by atoms with E-state index in [0.29, 0.717) is 12.4 Å². The van der Waals surface area contributed by atoms with Crippen LogP contribution < -0.4 is 5.32 Å². The molecule has 2 N–H and O–H groups in total. The summed E-state index contributed by atoms with van der Waals surface area (Å²) in [7, 11) is 0. The standard InChI is InChI=1S/C8H7N3O2/c1-2-5-9-7-4-3-6(8(12)13)10-11-7/h1,3-4H,5H2,(H,9,11)(H,12,13). The quantitative estimate of drug-likeness (QED) is 0.646. The Morgan fingerprint density at radius 2 is 2.38 bits per heavy atom. The summed E-state index contributed by atoms with van der Waals surface area (Å²) in [6, 6.07) is 2.86. The topological polar surface area (TPSA) is 75.1 Å². The summed E-state index contributed by atoms with van der Waals surface area (Å²) < 4.78 is 0. The molecule has 0 amide bonds. The lowest BCUT2D eigenvalue weighted by Gasteiger charge is -1.99. The number of carboxylic acid groups (broad SMARTS) is 1.